The van der Waals surface area contributed by atoms with E-state index >= 15 is 0 Å². The van der Waals surface area contributed by atoms with Crippen molar-refractivity contribution >= 4 is 22.4 Å². The molecule has 0 spiro atoms. The van der Waals surface area contributed by atoms with Crippen molar-refractivity contribution in [1.82, 2.24) is 0 Å². The quantitative estimate of drug-likeness (QED) is 0.312. The van der Waals surface area contributed by atoms with Gasteiger partial charge in [0.15, 0.2) is 0 Å². The molecule has 0 amide bonds. The molecule has 0 aromatic heterocycles. The van der Waals surface area contributed by atoms with Crippen LogP contribution in [0.4, 0.5) is 0 Å². The van der Waals surface area contributed by atoms with Gasteiger partial charge in [-0.1, -0.05) is 99.6 Å². The number of rotatable bonds is 3. The third-order valence-electron chi connectivity index (χ3n) is 5.41. The van der Waals surface area contributed by atoms with Gasteiger partial charge in [0.1, 0.15) is 0 Å². The molecule has 1 heteroatoms. The summed E-state index contributed by atoms with van der Waals surface area (Å²) >= 11 is 6.15. The molecule has 4 rings (SSSR count). The minimum absolute atomic E-state index is 0.169. The van der Waals surface area contributed by atoms with Gasteiger partial charge in [-0.2, -0.15) is 0 Å². The van der Waals surface area contributed by atoms with Crippen molar-refractivity contribution in [1.29, 1.82) is 0 Å². The lowest BCUT2D eigenvalue weighted by atomic mass is 9.86. The van der Waals surface area contributed by atoms with Crippen LogP contribution in [-0.2, 0) is 11.3 Å². The van der Waals surface area contributed by atoms with Crippen molar-refractivity contribution in [3.63, 3.8) is 0 Å². The molecule has 0 fully saturated rings. The fourth-order valence-electron chi connectivity index (χ4n) is 3.77. The molecule has 0 nitrogen and oxygen atoms in total. The first-order valence-electron chi connectivity index (χ1n) is 9.75. The Labute approximate surface area is 172 Å². The van der Waals surface area contributed by atoms with Crippen molar-refractivity contribution in [2.75, 3.05) is 0 Å². The highest BCUT2D eigenvalue weighted by molar-refractivity contribution is 6.17. The van der Waals surface area contributed by atoms with Crippen molar-refractivity contribution < 1.29 is 0 Å². The van der Waals surface area contributed by atoms with Crippen LogP contribution >= 0.6 is 11.6 Å². The smallest absolute Gasteiger partial charge is 0.0480 e. The van der Waals surface area contributed by atoms with Gasteiger partial charge < -0.3 is 0 Å². The average Bonchev–Trinajstić information content (AvgIpc) is 2.72. The summed E-state index contributed by atoms with van der Waals surface area (Å²) in [5.41, 5.74) is 7.64. The summed E-state index contributed by atoms with van der Waals surface area (Å²) in [6.07, 6.45) is 0. The molecule has 0 aliphatic carbocycles. The number of hydrogen-bond donors (Lipinski definition) is 0. The van der Waals surface area contributed by atoms with E-state index in [2.05, 4.69) is 99.6 Å². The minimum Gasteiger partial charge on any atom is -0.122 e. The van der Waals surface area contributed by atoms with Gasteiger partial charge in [-0.05, 0) is 55.6 Å². The van der Waals surface area contributed by atoms with Crippen LogP contribution < -0.4 is 0 Å². The molecule has 0 radical (unpaired) electrons. The average molecular weight is 385 g/mol. The van der Waals surface area contributed by atoms with E-state index in [9.17, 15) is 0 Å². The monoisotopic (exact) mass is 384 g/mol. The van der Waals surface area contributed by atoms with E-state index < -0.39 is 0 Å². The molecule has 4 aromatic carbocycles. The molecular weight excluding hydrogens is 360 g/mol. The molecule has 0 bridgehead atoms. The van der Waals surface area contributed by atoms with Crippen molar-refractivity contribution in [3.05, 3.63) is 96.1 Å². The molecule has 0 aliphatic heterocycles. The predicted molar refractivity (Wildman–Crippen MR) is 123 cm³/mol. The molecule has 28 heavy (non-hydrogen) atoms. The summed E-state index contributed by atoms with van der Waals surface area (Å²) in [6.45, 7) is 6.75. The molecule has 0 unspecified atom stereocenters. The number of alkyl halides is 1. The molecule has 0 aliphatic rings. The Kier molecular flexibility index (Phi) is 5.00. The molecular formula is C27H25Cl. The van der Waals surface area contributed by atoms with Gasteiger partial charge in [0, 0.05) is 5.88 Å². The lowest BCUT2D eigenvalue weighted by molar-refractivity contribution is 0.590. The zero-order valence-corrected chi connectivity index (χ0v) is 17.4. The standard InChI is InChI=1S/C27H25Cl/c1-27(2,3)23-14-11-19(12-15-23)25-10-6-8-20-17-21(13-16-26(20)25)24-9-5-4-7-22(24)18-28/h4-17H,18H2,1-3H3. The number of halogens is 1. The molecule has 0 saturated carbocycles. The second-order valence-electron chi connectivity index (χ2n) is 8.36. The molecule has 0 heterocycles. The summed E-state index contributed by atoms with van der Waals surface area (Å²) in [5.74, 6) is 0.522. The minimum atomic E-state index is 0.169. The van der Waals surface area contributed by atoms with Gasteiger partial charge >= 0.3 is 0 Å². The lowest BCUT2D eigenvalue weighted by Gasteiger charge is -2.19. The maximum atomic E-state index is 6.15. The van der Waals surface area contributed by atoms with Crippen molar-refractivity contribution in [3.8, 4) is 22.3 Å². The zero-order valence-electron chi connectivity index (χ0n) is 16.7. The first kappa shape index (κ1) is 18.8. The van der Waals surface area contributed by atoms with Crippen molar-refractivity contribution in [2.24, 2.45) is 0 Å². The molecule has 140 valence electrons. The number of benzene rings is 4. The van der Waals surface area contributed by atoms with Crippen LogP contribution in [0.15, 0.2) is 84.9 Å². The second kappa shape index (κ2) is 7.45. The maximum absolute atomic E-state index is 6.15. The summed E-state index contributed by atoms with van der Waals surface area (Å²) in [5, 5.41) is 2.53. The third-order valence-corrected chi connectivity index (χ3v) is 5.70. The Balaban J connectivity index is 1.80. The van der Waals surface area contributed by atoms with Crippen LogP contribution in [0.5, 0.6) is 0 Å². The van der Waals surface area contributed by atoms with Crippen LogP contribution in [-0.4, -0.2) is 0 Å². The van der Waals surface area contributed by atoms with Gasteiger partial charge in [-0.25, -0.2) is 0 Å². The largest absolute Gasteiger partial charge is 0.122 e. The van der Waals surface area contributed by atoms with Crippen LogP contribution in [0.25, 0.3) is 33.0 Å². The maximum Gasteiger partial charge on any atom is 0.0480 e. The highest BCUT2D eigenvalue weighted by atomic mass is 35.5. The Hall–Kier alpha value is -2.57. The Morgan fingerprint density at radius 2 is 1.36 bits per heavy atom. The Bertz CT molecular complexity index is 1120. The van der Waals surface area contributed by atoms with Crippen molar-refractivity contribution in [2.45, 2.75) is 32.1 Å². The number of hydrogen-bond acceptors (Lipinski definition) is 0. The normalized spacial score (nSPS) is 11.7. The van der Waals surface area contributed by atoms with E-state index in [1.165, 1.54) is 38.6 Å². The Morgan fingerprint density at radius 3 is 2.07 bits per heavy atom. The molecule has 0 N–H and O–H groups in total. The highest BCUT2D eigenvalue weighted by Crippen LogP contribution is 2.34. The number of fused-ring (bicyclic) bond motifs is 1. The zero-order chi connectivity index (χ0) is 19.7. The van der Waals surface area contributed by atoms with Gasteiger partial charge in [0.05, 0.1) is 0 Å². The van der Waals surface area contributed by atoms with Crippen LogP contribution in [0.3, 0.4) is 0 Å². The van der Waals surface area contributed by atoms with Gasteiger partial charge in [-0.3, -0.25) is 0 Å². The first-order valence-corrected chi connectivity index (χ1v) is 10.3. The molecule has 0 saturated heterocycles. The summed E-state index contributed by atoms with van der Waals surface area (Å²) < 4.78 is 0. The SMILES string of the molecule is CC(C)(C)c1ccc(-c2cccc3cc(-c4ccccc4CCl)ccc23)cc1. The van der Waals surface area contributed by atoms with E-state index in [0.29, 0.717) is 5.88 Å². The summed E-state index contributed by atoms with van der Waals surface area (Å²) in [6, 6.07) is 30.6. The van der Waals surface area contributed by atoms with Gasteiger partial charge in [0.2, 0.25) is 0 Å². The Morgan fingerprint density at radius 1 is 0.679 bits per heavy atom. The van der Waals surface area contributed by atoms with E-state index in [0.717, 1.165) is 5.56 Å². The lowest BCUT2D eigenvalue weighted by Crippen LogP contribution is -2.10. The van der Waals surface area contributed by atoms with Gasteiger partial charge in [-0.15, -0.1) is 11.6 Å². The predicted octanol–water partition coefficient (Wildman–Crippen LogP) is 8.21. The van der Waals surface area contributed by atoms with E-state index in [4.69, 9.17) is 11.6 Å². The third kappa shape index (κ3) is 3.57. The van der Waals surface area contributed by atoms with Gasteiger partial charge in [0.25, 0.3) is 0 Å². The first-order chi connectivity index (χ1) is 13.5. The van der Waals surface area contributed by atoms with E-state index in [1.54, 1.807) is 0 Å². The van der Waals surface area contributed by atoms with E-state index in [-0.39, 0.29) is 5.41 Å². The summed E-state index contributed by atoms with van der Waals surface area (Å²) in [7, 11) is 0. The topological polar surface area (TPSA) is 0 Å². The van der Waals surface area contributed by atoms with Crippen LogP contribution in [0, 0.1) is 0 Å². The summed E-state index contributed by atoms with van der Waals surface area (Å²) in [4.78, 5) is 0. The fraction of sp³-hybridized carbons (Fsp3) is 0.185. The van der Waals surface area contributed by atoms with Crippen LogP contribution in [0.2, 0.25) is 0 Å². The van der Waals surface area contributed by atoms with E-state index in [1.807, 2.05) is 6.07 Å². The fourth-order valence-corrected chi connectivity index (χ4v) is 4.00. The second-order valence-corrected chi connectivity index (χ2v) is 8.63. The van der Waals surface area contributed by atoms with Crippen LogP contribution in [0.1, 0.15) is 31.9 Å². The molecule has 0 atom stereocenters. The highest BCUT2D eigenvalue weighted by Gasteiger charge is 2.14. The molecule has 4 aromatic rings.